The molecule has 0 aliphatic heterocycles. The van der Waals surface area contributed by atoms with E-state index in [1.807, 2.05) is 32.0 Å². The fourth-order valence-corrected chi connectivity index (χ4v) is 2.57. The Labute approximate surface area is 114 Å². The summed E-state index contributed by atoms with van der Waals surface area (Å²) in [6.45, 7) is 4.08. The van der Waals surface area contributed by atoms with Gasteiger partial charge in [0.05, 0.1) is 11.2 Å². The molecule has 1 saturated carbocycles. The molecule has 1 fully saturated rings. The van der Waals surface area contributed by atoms with E-state index in [-0.39, 0.29) is 12.4 Å². The van der Waals surface area contributed by atoms with E-state index >= 15 is 0 Å². The van der Waals surface area contributed by atoms with Gasteiger partial charge in [0.2, 0.25) is 0 Å². The summed E-state index contributed by atoms with van der Waals surface area (Å²) in [6, 6.07) is 5.62. The molecule has 1 aromatic rings. The van der Waals surface area contributed by atoms with E-state index in [9.17, 15) is 9.90 Å². The van der Waals surface area contributed by atoms with E-state index in [4.69, 9.17) is 4.74 Å². The molecule has 1 aliphatic carbocycles. The molecular formula is C16H22O3. The Morgan fingerprint density at radius 2 is 2.05 bits per heavy atom. The maximum atomic E-state index is 11.9. The lowest BCUT2D eigenvalue weighted by atomic mass is 10.0. The highest BCUT2D eigenvalue weighted by molar-refractivity contribution is 5.98. The molecule has 0 bridgehead atoms. The third-order valence-corrected chi connectivity index (χ3v) is 3.79. The van der Waals surface area contributed by atoms with Crippen molar-refractivity contribution in [3.8, 4) is 5.75 Å². The molecule has 0 saturated heterocycles. The summed E-state index contributed by atoms with van der Waals surface area (Å²) >= 11 is 0. The standard InChI is InChI=1S/C16H22O3/c1-3-14(17)13-10-12(2)6-7-15(13)19-11-16(18)8-4-5-9-16/h6-7,10,18H,3-5,8-9,11H2,1-2H3. The van der Waals surface area contributed by atoms with Crippen LogP contribution in [0.15, 0.2) is 18.2 Å². The fourth-order valence-electron chi connectivity index (χ4n) is 2.57. The normalized spacial score (nSPS) is 17.4. The predicted octanol–water partition coefficient (Wildman–Crippen LogP) is 3.27. The number of carbonyl (C=O) groups excluding carboxylic acids is 1. The first-order chi connectivity index (χ1) is 9.04. The summed E-state index contributed by atoms with van der Waals surface area (Å²) in [7, 11) is 0. The SMILES string of the molecule is CCC(=O)c1cc(C)ccc1OCC1(O)CCCC1. The molecule has 0 amide bonds. The molecule has 0 unspecified atom stereocenters. The van der Waals surface area contributed by atoms with Crippen LogP contribution in [0.2, 0.25) is 0 Å². The second-order valence-corrected chi connectivity index (χ2v) is 5.50. The number of hydrogen-bond donors (Lipinski definition) is 1. The maximum absolute atomic E-state index is 11.9. The Morgan fingerprint density at radius 1 is 1.37 bits per heavy atom. The number of Topliss-reactive ketones (excluding diaryl/α,β-unsaturated/α-hetero) is 1. The number of ether oxygens (including phenoxy) is 1. The molecule has 0 radical (unpaired) electrons. The highest BCUT2D eigenvalue weighted by Crippen LogP contribution is 2.31. The monoisotopic (exact) mass is 262 g/mol. The van der Waals surface area contributed by atoms with Crippen molar-refractivity contribution in [3.63, 3.8) is 0 Å². The van der Waals surface area contributed by atoms with Gasteiger partial charge in [-0.25, -0.2) is 0 Å². The Morgan fingerprint density at radius 3 is 2.68 bits per heavy atom. The van der Waals surface area contributed by atoms with Gasteiger partial charge >= 0.3 is 0 Å². The highest BCUT2D eigenvalue weighted by atomic mass is 16.5. The van der Waals surface area contributed by atoms with Gasteiger partial charge < -0.3 is 9.84 Å². The minimum atomic E-state index is -0.711. The molecule has 0 heterocycles. The average Bonchev–Trinajstić information content (AvgIpc) is 2.83. The van der Waals surface area contributed by atoms with Crippen molar-refractivity contribution in [2.75, 3.05) is 6.61 Å². The number of carbonyl (C=O) groups is 1. The first-order valence-corrected chi connectivity index (χ1v) is 7.03. The van der Waals surface area contributed by atoms with E-state index in [0.29, 0.717) is 17.7 Å². The quantitative estimate of drug-likeness (QED) is 0.828. The van der Waals surface area contributed by atoms with E-state index in [2.05, 4.69) is 0 Å². The third-order valence-electron chi connectivity index (χ3n) is 3.79. The van der Waals surface area contributed by atoms with Crippen LogP contribution in [-0.2, 0) is 0 Å². The smallest absolute Gasteiger partial charge is 0.166 e. The molecule has 3 heteroatoms. The second kappa shape index (κ2) is 5.74. The van der Waals surface area contributed by atoms with Crippen LogP contribution in [0.3, 0.4) is 0 Å². The molecule has 1 N–H and O–H groups in total. The molecule has 3 nitrogen and oxygen atoms in total. The maximum Gasteiger partial charge on any atom is 0.166 e. The van der Waals surface area contributed by atoms with Gasteiger partial charge in [-0.2, -0.15) is 0 Å². The Bertz CT molecular complexity index is 459. The number of aryl methyl sites for hydroxylation is 1. The van der Waals surface area contributed by atoms with E-state index < -0.39 is 5.60 Å². The van der Waals surface area contributed by atoms with Gasteiger partial charge in [-0.1, -0.05) is 31.4 Å². The van der Waals surface area contributed by atoms with Crippen LogP contribution in [0.1, 0.15) is 54.9 Å². The van der Waals surface area contributed by atoms with Gasteiger partial charge in [0.25, 0.3) is 0 Å². The molecule has 0 atom stereocenters. The molecule has 0 spiro atoms. The van der Waals surface area contributed by atoms with Crippen molar-refractivity contribution in [1.82, 2.24) is 0 Å². The van der Waals surface area contributed by atoms with Gasteiger partial charge in [0, 0.05) is 6.42 Å². The van der Waals surface area contributed by atoms with Crippen molar-refractivity contribution in [1.29, 1.82) is 0 Å². The number of benzene rings is 1. The van der Waals surface area contributed by atoms with Gasteiger partial charge in [0.15, 0.2) is 5.78 Å². The van der Waals surface area contributed by atoms with Gasteiger partial charge in [-0.15, -0.1) is 0 Å². The predicted molar refractivity (Wildman–Crippen MR) is 74.7 cm³/mol. The lowest BCUT2D eigenvalue weighted by molar-refractivity contribution is 0.00115. The number of ketones is 1. The third kappa shape index (κ3) is 3.35. The summed E-state index contributed by atoms with van der Waals surface area (Å²) in [6.07, 6.45) is 4.14. The van der Waals surface area contributed by atoms with Crippen LogP contribution in [0.4, 0.5) is 0 Å². The van der Waals surface area contributed by atoms with Gasteiger partial charge in [-0.3, -0.25) is 4.79 Å². The Balaban J connectivity index is 2.13. The average molecular weight is 262 g/mol. The molecule has 19 heavy (non-hydrogen) atoms. The minimum absolute atomic E-state index is 0.0807. The topological polar surface area (TPSA) is 46.5 Å². The van der Waals surface area contributed by atoms with Crippen LogP contribution >= 0.6 is 0 Å². The van der Waals surface area contributed by atoms with Crippen LogP contribution in [0.5, 0.6) is 5.75 Å². The Kier molecular flexibility index (Phi) is 4.25. The zero-order valence-corrected chi connectivity index (χ0v) is 11.7. The van der Waals surface area contributed by atoms with Crippen molar-refractivity contribution in [3.05, 3.63) is 29.3 Å². The van der Waals surface area contributed by atoms with E-state index in [0.717, 1.165) is 31.2 Å². The van der Waals surface area contributed by atoms with Gasteiger partial charge in [0.1, 0.15) is 12.4 Å². The van der Waals surface area contributed by atoms with E-state index in [1.165, 1.54) is 0 Å². The summed E-state index contributed by atoms with van der Waals surface area (Å²) < 4.78 is 5.73. The molecule has 0 aromatic heterocycles. The van der Waals surface area contributed by atoms with Crippen LogP contribution in [0.25, 0.3) is 0 Å². The fraction of sp³-hybridized carbons (Fsp3) is 0.562. The lowest BCUT2D eigenvalue weighted by Gasteiger charge is -2.23. The number of aliphatic hydroxyl groups is 1. The van der Waals surface area contributed by atoms with Crippen molar-refractivity contribution in [2.24, 2.45) is 0 Å². The zero-order chi connectivity index (χ0) is 13.9. The molecule has 1 aliphatic rings. The number of hydrogen-bond acceptors (Lipinski definition) is 3. The molecule has 1 aromatic carbocycles. The van der Waals surface area contributed by atoms with Crippen LogP contribution < -0.4 is 4.74 Å². The minimum Gasteiger partial charge on any atom is -0.490 e. The summed E-state index contributed by atoms with van der Waals surface area (Å²) in [5.41, 5.74) is 0.963. The zero-order valence-electron chi connectivity index (χ0n) is 11.7. The first kappa shape index (κ1) is 14.1. The van der Waals surface area contributed by atoms with Crippen molar-refractivity contribution < 1.29 is 14.6 Å². The van der Waals surface area contributed by atoms with Crippen LogP contribution in [0, 0.1) is 6.92 Å². The Hall–Kier alpha value is -1.35. The number of rotatable bonds is 5. The first-order valence-electron chi connectivity index (χ1n) is 7.03. The summed E-state index contributed by atoms with van der Waals surface area (Å²) in [5, 5.41) is 10.3. The molecular weight excluding hydrogens is 240 g/mol. The second-order valence-electron chi connectivity index (χ2n) is 5.50. The van der Waals surface area contributed by atoms with Crippen molar-refractivity contribution >= 4 is 5.78 Å². The van der Waals surface area contributed by atoms with Crippen LogP contribution in [-0.4, -0.2) is 23.1 Å². The lowest BCUT2D eigenvalue weighted by Crippen LogP contribution is -2.32. The van der Waals surface area contributed by atoms with E-state index in [1.54, 1.807) is 0 Å². The largest absolute Gasteiger partial charge is 0.490 e. The molecule has 2 rings (SSSR count). The van der Waals surface area contributed by atoms with Crippen molar-refractivity contribution in [2.45, 2.75) is 51.6 Å². The molecule has 104 valence electrons. The highest BCUT2D eigenvalue weighted by Gasteiger charge is 2.32. The summed E-state index contributed by atoms with van der Waals surface area (Å²) in [4.78, 5) is 11.9. The summed E-state index contributed by atoms with van der Waals surface area (Å²) in [5.74, 6) is 0.676. The van der Waals surface area contributed by atoms with Gasteiger partial charge in [-0.05, 0) is 31.9 Å².